The Morgan fingerprint density at radius 2 is 1.73 bits per heavy atom. The zero-order valence-corrected chi connectivity index (χ0v) is 22.4. The first-order chi connectivity index (χ1) is 17.4. The zero-order valence-electron chi connectivity index (χ0n) is 21.3. The maximum absolute atomic E-state index is 14.9. The van der Waals surface area contributed by atoms with Crippen LogP contribution in [0.4, 0.5) is 10.1 Å². The van der Waals surface area contributed by atoms with Gasteiger partial charge in [-0.25, -0.2) is 9.18 Å². The normalized spacial score (nSPS) is 18.0. The fourth-order valence-electron chi connectivity index (χ4n) is 4.19. The van der Waals surface area contributed by atoms with Crippen molar-refractivity contribution in [2.45, 2.75) is 25.8 Å². The summed E-state index contributed by atoms with van der Waals surface area (Å²) in [6.45, 7) is 3.15. The van der Waals surface area contributed by atoms with Gasteiger partial charge in [0, 0.05) is 42.6 Å². The van der Waals surface area contributed by atoms with Crippen LogP contribution in [0, 0.1) is 69.0 Å². The molecule has 0 atom stereocenters. The van der Waals surface area contributed by atoms with E-state index in [9.17, 15) is 14.0 Å². The van der Waals surface area contributed by atoms with E-state index in [1.807, 2.05) is 63.6 Å². The molecule has 0 amide bonds. The van der Waals surface area contributed by atoms with Gasteiger partial charge in [0.1, 0.15) is 11.4 Å². The van der Waals surface area contributed by atoms with Crippen molar-refractivity contribution in [3.05, 3.63) is 103 Å². The predicted molar refractivity (Wildman–Crippen MR) is 140 cm³/mol. The molecule has 3 fully saturated rings. The molecule has 5 rings (SSSR count). The number of rotatable bonds is 8. The molecule has 3 saturated carbocycles. The molecule has 3 aliphatic carbocycles. The minimum Gasteiger partial charge on any atom is -0.462 e. The number of aromatic nitrogens is 1. The van der Waals surface area contributed by atoms with Gasteiger partial charge in [0.15, 0.2) is 0 Å². The molecule has 2 aromatic rings. The number of halogens is 1. The fourth-order valence-corrected chi connectivity index (χ4v) is 4.19. The summed E-state index contributed by atoms with van der Waals surface area (Å²) in [6.07, 6.45) is 19.6. The minimum atomic E-state index is -0.670. The molecular formula is C29H32FFeN3O3+2. The molecule has 37 heavy (non-hydrogen) atoms. The van der Waals surface area contributed by atoms with Crippen LogP contribution in [0.2, 0.25) is 0 Å². The number of nitrogens with zero attached hydrogens (tertiary/aromatic N) is 2. The number of fused-ring (bicyclic) bond motifs is 1. The number of pyridine rings is 1. The Morgan fingerprint density at radius 3 is 2.32 bits per heavy atom. The molecule has 0 spiro atoms. The predicted octanol–water partition coefficient (Wildman–Crippen LogP) is 4.42. The number of carbonyl (C=O) groups excluding carboxylic acids is 1. The largest absolute Gasteiger partial charge is 2.00 e. The van der Waals surface area contributed by atoms with Crippen molar-refractivity contribution in [1.82, 2.24) is 9.47 Å². The SMILES string of the molecule is CCOC(=O)c1cn(C2CC2)c2cc(NC[C]3[CH][CH][CH][C]3CN(C)C)c(F)cc2c1=O.[CH]1[CH][CH][CH][CH]1.[Fe+2]. The maximum Gasteiger partial charge on any atom is 2.00 e. The summed E-state index contributed by atoms with van der Waals surface area (Å²) in [5.41, 5.74) is 0.411. The van der Waals surface area contributed by atoms with Crippen LogP contribution in [-0.2, 0) is 21.8 Å². The van der Waals surface area contributed by atoms with E-state index in [1.54, 1.807) is 19.2 Å². The average molecular weight is 545 g/mol. The van der Waals surface area contributed by atoms with Gasteiger partial charge < -0.3 is 19.5 Å². The Balaban J connectivity index is 0.000000568. The first-order valence-corrected chi connectivity index (χ1v) is 12.2. The third-order valence-electron chi connectivity index (χ3n) is 6.08. The van der Waals surface area contributed by atoms with Gasteiger partial charge in [-0.1, -0.05) is 0 Å². The van der Waals surface area contributed by atoms with Crippen LogP contribution in [0.1, 0.15) is 36.2 Å². The van der Waals surface area contributed by atoms with Crippen LogP contribution < -0.4 is 10.7 Å². The van der Waals surface area contributed by atoms with Crippen LogP contribution >= 0.6 is 0 Å². The number of anilines is 1. The number of ether oxygens (including phenoxy) is 1. The molecule has 0 saturated heterocycles. The van der Waals surface area contributed by atoms with Crippen molar-refractivity contribution in [2.75, 3.05) is 39.1 Å². The molecule has 194 valence electrons. The number of esters is 1. The number of hydrogen-bond donors (Lipinski definition) is 1. The van der Waals surface area contributed by atoms with Gasteiger partial charge in [0.05, 0.1) is 17.8 Å². The standard InChI is InChI=1S/C24H27FN3O3.C5H5.Fe/c1-4-31-24(30)19-14-28(17-8-9-17)22-11-21(20(25)10-18(22)23(19)29)26-12-15-6-5-7-16(15)13-27(2)3;1-2-4-5-3-1;/h5-7,10-11,14,17,26H,4,8-9,12-13H2,1-3H3;1-5H;/q;;+2. The van der Waals surface area contributed by atoms with Crippen LogP contribution in [0.15, 0.2) is 23.1 Å². The Kier molecular flexibility index (Phi) is 11.0. The molecule has 3 aliphatic rings. The molecule has 1 heterocycles. The number of carbonyl (C=O) groups is 1. The molecule has 1 N–H and O–H groups in total. The topological polar surface area (TPSA) is 63.6 Å². The van der Waals surface area contributed by atoms with E-state index in [2.05, 4.69) is 16.6 Å². The summed E-state index contributed by atoms with van der Waals surface area (Å²) in [4.78, 5) is 27.2. The Bertz CT molecular complexity index is 1100. The Morgan fingerprint density at radius 1 is 1.08 bits per heavy atom. The third kappa shape index (κ3) is 7.58. The van der Waals surface area contributed by atoms with Crippen LogP contribution in [-0.4, -0.2) is 49.2 Å². The summed E-state index contributed by atoms with van der Waals surface area (Å²) in [6, 6.07) is 3.11. The molecule has 1 aromatic heterocycles. The van der Waals surface area contributed by atoms with Gasteiger partial charge in [0.25, 0.3) is 0 Å². The van der Waals surface area contributed by atoms with E-state index in [4.69, 9.17) is 4.74 Å². The summed E-state index contributed by atoms with van der Waals surface area (Å²) in [5, 5.41) is 3.38. The van der Waals surface area contributed by atoms with E-state index in [0.29, 0.717) is 17.7 Å². The van der Waals surface area contributed by atoms with Gasteiger partial charge >= 0.3 is 23.0 Å². The minimum absolute atomic E-state index is 0. The molecule has 8 heteroatoms. The van der Waals surface area contributed by atoms with Crippen LogP contribution in [0.3, 0.4) is 0 Å². The summed E-state index contributed by atoms with van der Waals surface area (Å²) in [5.74, 6) is 1.10. The molecule has 1 aromatic carbocycles. The first-order valence-electron chi connectivity index (χ1n) is 12.2. The van der Waals surface area contributed by atoms with E-state index in [-0.39, 0.29) is 40.7 Å². The molecule has 6 nitrogen and oxygen atoms in total. The van der Waals surface area contributed by atoms with E-state index in [1.165, 1.54) is 12.0 Å². The Hall–Kier alpha value is -1.89. The van der Waals surface area contributed by atoms with Gasteiger partial charge in [0.2, 0.25) is 5.43 Å². The van der Waals surface area contributed by atoms with Gasteiger partial charge in [-0.2, -0.15) is 0 Å². The summed E-state index contributed by atoms with van der Waals surface area (Å²) in [7, 11) is 4.02. The van der Waals surface area contributed by atoms with E-state index >= 15 is 0 Å². The Labute approximate surface area is 230 Å². The molecule has 10 radical (unpaired) electrons. The maximum atomic E-state index is 14.9. The molecule has 0 aliphatic heterocycles. The number of hydrogen-bond acceptors (Lipinski definition) is 5. The monoisotopic (exact) mass is 545 g/mol. The second kappa shape index (κ2) is 13.8. The second-order valence-corrected chi connectivity index (χ2v) is 9.21. The number of benzene rings is 1. The van der Waals surface area contributed by atoms with Crippen molar-refractivity contribution in [3.8, 4) is 0 Å². The smallest absolute Gasteiger partial charge is 0.462 e. The zero-order chi connectivity index (χ0) is 25.7. The quantitative estimate of drug-likeness (QED) is 0.393. The van der Waals surface area contributed by atoms with Crippen molar-refractivity contribution in [1.29, 1.82) is 0 Å². The number of nitrogens with one attached hydrogen (secondary N) is 1. The fraction of sp³-hybridized carbons (Fsp3) is 0.310. The summed E-state index contributed by atoms with van der Waals surface area (Å²) < 4.78 is 21.9. The van der Waals surface area contributed by atoms with Crippen molar-refractivity contribution < 1.29 is 31.0 Å². The van der Waals surface area contributed by atoms with Gasteiger partial charge in [-0.05, 0) is 97.4 Å². The first kappa shape index (κ1) is 29.7. The van der Waals surface area contributed by atoms with Crippen molar-refractivity contribution in [2.24, 2.45) is 0 Å². The van der Waals surface area contributed by atoms with Crippen LogP contribution in [0.5, 0.6) is 0 Å². The van der Waals surface area contributed by atoms with Crippen LogP contribution in [0.25, 0.3) is 10.9 Å². The van der Waals surface area contributed by atoms with Crippen molar-refractivity contribution in [3.63, 3.8) is 0 Å². The van der Waals surface area contributed by atoms with E-state index < -0.39 is 17.2 Å². The molecule has 0 unspecified atom stereocenters. The molecule has 0 bridgehead atoms. The third-order valence-corrected chi connectivity index (χ3v) is 6.08. The average Bonchev–Trinajstić information content (AvgIpc) is 3.29. The molecular weight excluding hydrogens is 513 g/mol. The van der Waals surface area contributed by atoms with Crippen molar-refractivity contribution >= 4 is 22.6 Å². The van der Waals surface area contributed by atoms with Gasteiger partial charge in [-0.3, -0.25) is 4.79 Å². The van der Waals surface area contributed by atoms with E-state index in [0.717, 1.165) is 25.3 Å². The summed E-state index contributed by atoms with van der Waals surface area (Å²) >= 11 is 0. The second-order valence-electron chi connectivity index (χ2n) is 9.21. The van der Waals surface area contributed by atoms with Gasteiger partial charge in [-0.15, -0.1) is 0 Å².